The number of unbranched alkanes of at least 4 members (excludes halogenated alkanes) is 36. The van der Waals surface area contributed by atoms with Crippen LogP contribution in [-0.2, 0) is 28.6 Å². The Morgan fingerprint density at radius 1 is 0.317 bits per heavy atom. The summed E-state index contributed by atoms with van der Waals surface area (Å²) >= 11 is 0. The van der Waals surface area contributed by atoms with Gasteiger partial charge in [0.2, 0.25) is 0 Å². The molecular weight excluding hydrogens is 781 g/mol. The minimum absolute atomic E-state index is 0.0698. The van der Waals surface area contributed by atoms with Gasteiger partial charge in [0.1, 0.15) is 13.2 Å². The van der Waals surface area contributed by atoms with E-state index < -0.39 is 6.10 Å². The summed E-state index contributed by atoms with van der Waals surface area (Å²) in [4.78, 5) is 37.7. The van der Waals surface area contributed by atoms with E-state index in [0.29, 0.717) is 19.3 Å². The first-order valence-electron chi connectivity index (χ1n) is 27.8. The fourth-order valence-corrected chi connectivity index (χ4v) is 8.24. The summed E-state index contributed by atoms with van der Waals surface area (Å²) in [5.74, 6) is -0.871. The third-order valence-corrected chi connectivity index (χ3v) is 12.5. The number of ether oxygens (including phenoxy) is 3. The average Bonchev–Trinajstić information content (AvgIpc) is 3.28. The Hall–Kier alpha value is -2.11. The lowest BCUT2D eigenvalue weighted by Crippen LogP contribution is -2.30. The van der Waals surface area contributed by atoms with Crippen LogP contribution >= 0.6 is 0 Å². The molecule has 0 saturated carbocycles. The molecule has 0 aliphatic heterocycles. The molecule has 0 spiro atoms. The van der Waals surface area contributed by atoms with Gasteiger partial charge < -0.3 is 14.2 Å². The Balaban J connectivity index is 4.08. The first-order chi connectivity index (χ1) is 31.0. The second-order valence-corrected chi connectivity index (χ2v) is 18.9. The van der Waals surface area contributed by atoms with Crippen molar-refractivity contribution in [1.82, 2.24) is 0 Å². The van der Waals surface area contributed by atoms with Crippen molar-refractivity contribution >= 4 is 17.9 Å². The topological polar surface area (TPSA) is 78.9 Å². The van der Waals surface area contributed by atoms with Gasteiger partial charge in [-0.15, -0.1) is 0 Å². The van der Waals surface area contributed by atoms with Crippen LogP contribution in [0.4, 0.5) is 0 Å². The first kappa shape index (κ1) is 60.9. The number of rotatable bonds is 51. The third kappa shape index (κ3) is 50.7. The van der Waals surface area contributed by atoms with E-state index in [2.05, 4.69) is 45.1 Å². The smallest absolute Gasteiger partial charge is 0.306 e. The lowest BCUT2D eigenvalue weighted by Gasteiger charge is -2.18. The van der Waals surface area contributed by atoms with Crippen molar-refractivity contribution in [3.8, 4) is 0 Å². The second-order valence-electron chi connectivity index (χ2n) is 18.9. The monoisotopic (exact) mass is 887 g/mol. The molecule has 0 fully saturated rings. The average molecular weight is 887 g/mol. The van der Waals surface area contributed by atoms with E-state index in [0.717, 1.165) is 70.6 Å². The van der Waals surface area contributed by atoms with Crippen molar-refractivity contribution in [2.24, 2.45) is 0 Å². The first-order valence-corrected chi connectivity index (χ1v) is 27.8. The van der Waals surface area contributed by atoms with Gasteiger partial charge in [0.05, 0.1) is 0 Å². The molecule has 0 aromatic carbocycles. The van der Waals surface area contributed by atoms with Crippen LogP contribution in [-0.4, -0.2) is 37.2 Å². The predicted molar refractivity (Wildman–Crippen MR) is 270 cm³/mol. The lowest BCUT2D eigenvalue weighted by atomic mass is 10.0. The summed E-state index contributed by atoms with van der Waals surface area (Å²) in [5, 5.41) is 0. The zero-order chi connectivity index (χ0) is 45.8. The Kier molecular flexibility index (Phi) is 50.8. The fourth-order valence-electron chi connectivity index (χ4n) is 8.24. The van der Waals surface area contributed by atoms with Crippen molar-refractivity contribution in [1.29, 1.82) is 0 Å². The van der Waals surface area contributed by atoms with Crippen molar-refractivity contribution < 1.29 is 28.6 Å². The lowest BCUT2D eigenvalue weighted by molar-refractivity contribution is -0.167. The van der Waals surface area contributed by atoms with Gasteiger partial charge in [-0.25, -0.2) is 0 Å². The number of carbonyl (C=O) groups is 3. The summed E-state index contributed by atoms with van der Waals surface area (Å²) in [6, 6.07) is 0. The van der Waals surface area contributed by atoms with E-state index >= 15 is 0 Å². The van der Waals surface area contributed by atoms with Gasteiger partial charge >= 0.3 is 17.9 Å². The number of hydrogen-bond acceptors (Lipinski definition) is 6. The molecule has 0 aromatic rings. The van der Waals surface area contributed by atoms with Gasteiger partial charge in [0.15, 0.2) is 6.10 Å². The van der Waals surface area contributed by atoms with E-state index in [1.165, 1.54) is 193 Å². The van der Waals surface area contributed by atoms with Crippen LogP contribution in [0.3, 0.4) is 0 Å². The Labute approximate surface area is 392 Å². The van der Waals surface area contributed by atoms with Gasteiger partial charge in [0, 0.05) is 19.3 Å². The molecule has 6 heteroatoms. The van der Waals surface area contributed by atoms with Gasteiger partial charge in [-0.05, 0) is 51.4 Å². The molecule has 0 heterocycles. The standard InChI is InChI=1S/C57H106O6/c1-4-7-10-13-15-17-19-21-23-25-27-28-30-31-33-35-37-39-41-44-47-50-56(59)62-53-54(52-61-55(58)49-46-43-12-9-6-3)63-57(60)51-48-45-42-40-38-36-34-32-29-26-24-22-20-18-16-14-11-8-5-2/h19,21,25,27,54H,4-18,20,22-24,26,28-53H2,1-3H3/b21-19-,27-25-. The van der Waals surface area contributed by atoms with Crippen molar-refractivity contribution in [2.45, 2.75) is 309 Å². The molecule has 63 heavy (non-hydrogen) atoms. The zero-order valence-corrected chi connectivity index (χ0v) is 42.4. The Morgan fingerprint density at radius 3 is 0.873 bits per heavy atom. The highest BCUT2D eigenvalue weighted by molar-refractivity contribution is 5.71. The number of carbonyl (C=O) groups excluding carboxylic acids is 3. The van der Waals surface area contributed by atoms with E-state index in [9.17, 15) is 14.4 Å². The molecule has 6 nitrogen and oxygen atoms in total. The van der Waals surface area contributed by atoms with Crippen molar-refractivity contribution in [3.05, 3.63) is 24.3 Å². The molecule has 0 aliphatic carbocycles. The molecule has 0 aliphatic rings. The molecule has 1 atom stereocenters. The zero-order valence-electron chi connectivity index (χ0n) is 42.4. The minimum atomic E-state index is -0.765. The van der Waals surface area contributed by atoms with E-state index in [1.807, 2.05) is 0 Å². The quantitative estimate of drug-likeness (QED) is 0.0262. The maximum absolute atomic E-state index is 12.8. The molecule has 0 radical (unpaired) electrons. The molecule has 0 aromatic heterocycles. The molecular formula is C57H106O6. The van der Waals surface area contributed by atoms with Crippen LogP contribution in [0.1, 0.15) is 303 Å². The molecule has 0 amide bonds. The maximum atomic E-state index is 12.8. The highest BCUT2D eigenvalue weighted by Crippen LogP contribution is 2.17. The summed E-state index contributed by atoms with van der Waals surface area (Å²) < 4.78 is 16.7. The van der Waals surface area contributed by atoms with Crippen LogP contribution in [0.5, 0.6) is 0 Å². The molecule has 0 rings (SSSR count). The Bertz CT molecular complexity index is 1020. The van der Waals surface area contributed by atoms with Crippen LogP contribution < -0.4 is 0 Å². The van der Waals surface area contributed by atoms with Crippen LogP contribution in [0.15, 0.2) is 24.3 Å². The largest absolute Gasteiger partial charge is 0.462 e. The van der Waals surface area contributed by atoms with E-state index in [1.54, 1.807) is 0 Å². The van der Waals surface area contributed by atoms with Gasteiger partial charge in [0.25, 0.3) is 0 Å². The number of allylic oxidation sites excluding steroid dienone is 4. The Morgan fingerprint density at radius 2 is 0.571 bits per heavy atom. The second kappa shape index (κ2) is 52.5. The number of hydrogen-bond donors (Lipinski definition) is 0. The normalized spacial score (nSPS) is 12.1. The molecule has 370 valence electrons. The van der Waals surface area contributed by atoms with Crippen molar-refractivity contribution in [2.75, 3.05) is 13.2 Å². The highest BCUT2D eigenvalue weighted by Gasteiger charge is 2.19. The van der Waals surface area contributed by atoms with Crippen molar-refractivity contribution in [3.63, 3.8) is 0 Å². The summed E-state index contributed by atoms with van der Waals surface area (Å²) in [7, 11) is 0. The van der Waals surface area contributed by atoms with Crippen LogP contribution in [0.25, 0.3) is 0 Å². The van der Waals surface area contributed by atoms with Gasteiger partial charge in [-0.3, -0.25) is 14.4 Å². The van der Waals surface area contributed by atoms with Crippen LogP contribution in [0.2, 0.25) is 0 Å². The predicted octanol–water partition coefficient (Wildman–Crippen LogP) is 18.3. The minimum Gasteiger partial charge on any atom is -0.462 e. The van der Waals surface area contributed by atoms with E-state index in [4.69, 9.17) is 14.2 Å². The van der Waals surface area contributed by atoms with Gasteiger partial charge in [-0.2, -0.15) is 0 Å². The molecule has 0 N–H and O–H groups in total. The fraction of sp³-hybridized carbons (Fsp3) is 0.877. The van der Waals surface area contributed by atoms with Crippen LogP contribution in [0, 0.1) is 0 Å². The van der Waals surface area contributed by atoms with E-state index in [-0.39, 0.29) is 31.1 Å². The molecule has 0 saturated heterocycles. The maximum Gasteiger partial charge on any atom is 0.306 e. The van der Waals surface area contributed by atoms with Gasteiger partial charge in [-0.1, -0.05) is 257 Å². The molecule has 0 bridgehead atoms. The number of esters is 3. The highest BCUT2D eigenvalue weighted by atomic mass is 16.6. The summed E-state index contributed by atoms with van der Waals surface area (Å²) in [5.41, 5.74) is 0. The summed E-state index contributed by atoms with van der Waals surface area (Å²) in [6.07, 6.45) is 60.7. The molecule has 1 unspecified atom stereocenters. The third-order valence-electron chi connectivity index (χ3n) is 12.5. The summed E-state index contributed by atoms with van der Waals surface area (Å²) in [6.45, 7) is 6.58. The SMILES string of the molecule is CCCCCCC/C=C\C/C=C\CCCCCCCCCCCC(=O)OCC(COC(=O)CCCCCCC)OC(=O)CCCCCCCCCCCCCCCCCCCCC.